The first-order valence-electron chi connectivity index (χ1n) is 7.03. The van der Waals surface area contributed by atoms with E-state index < -0.39 is 9.84 Å². The number of sulfone groups is 1. The zero-order valence-electron chi connectivity index (χ0n) is 12.4. The molecular formula is C15H19ClN2O3S. The number of anilines is 1. The molecule has 1 saturated heterocycles. The van der Waals surface area contributed by atoms with Gasteiger partial charge in [-0.05, 0) is 31.0 Å². The Hall–Kier alpha value is -1.29. The van der Waals surface area contributed by atoms with Crippen LogP contribution < -0.4 is 5.32 Å². The fourth-order valence-electron chi connectivity index (χ4n) is 2.78. The molecule has 0 radical (unpaired) electrons. The van der Waals surface area contributed by atoms with Gasteiger partial charge in [-0.1, -0.05) is 11.6 Å². The summed E-state index contributed by atoms with van der Waals surface area (Å²) in [4.78, 5) is 0. The van der Waals surface area contributed by atoms with Crippen LogP contribution in [0, 0.1) is 16.7 Å². The van der Waals surface area contributed by atoms with Crippen molar-refractivity contribution in [2.45, 2.75) is 12.8 Å². The highest BCUT2D eigenvalue weighted by Gasteiger charge is 2.36. The maximum absolute atomic E-state index is 11.7. The molecule has 120 valence electrons. The minimum atomic E-state index is -3.09. The predicted molar refractivity (Wildman–Crippen MR) is 86.9 cm³/mol. The minimum Gasteiger partial charge on any atom is -0.383 e. The van der Waals surface area contributed by atoms with E-state index in [2.05, 4.69) is 11.4 Å². The normalized spacial score (nSPS) is 17.7. The second-order valence-electron chi connectivity index (χ2n) is 5.84. The molecule has 0 saturated carbocycles. The summed E-state index contributed by atoms with van der Waals surface area (Å²) in [5.41, 5.74) is 0.762. The average Bonchev–Trinajstić information content (AvgIpc) is 2.45. The molecule has 1 heterocycles. The van der Waals surface area contributed by atoms with Crippen LogP contribution in [0.15, 0.2) is 18.2 Å². The third-order valence-electron chi connectivity index (χ3n) is 3.88. The van der Waals surface area contributed by atoms with Gasteiger partial charge in [0.25, 0.3) is 0 Å². The molecule has 0 bridgehead atoms. The summed E-state index contributed by atoms with van der Waals surface area (Å²) in [6.07, 6.45) is 2.62. The van der Waals surface area contributed by atoms with Crippen LogP contribution in [0.4, 0.5) is 5.69 Å². The van der Waals surface area contributed by atoms with E-state index in [0.717, 1.165) is 0 Å². The molecule has 0 aliphatic carbocycles. The van der Waals surface area contributed by atoms with Crippen LogP contribution in [0.1, 0.15) is 18.4 Å². The fourth-order valence-corrected chi connectivity index (χ4v) is 4.45. The Bertz CT molecular complexity index is 677. The summed E-state index contributed by atoms with van der Waals surface area (Å²) < 4.78 is 28.9. The predicted octanol–water partition coefficient (Wildman–Crippen LogP) is 2.46. The van der Waals surface area contributed by atoms with Gasteiger partial charge in [-0.15, -0.1) is 0 Å². The molecule has 0 aromatic heterocycles. The highest BCUT2D eigenvalue weighted by Crippen LogP contribution is 2.33. The zero-order chi connectivity index (χ0) is 16.2. The molecule has 1 N–H and O–H groups in total. The van der Waals surface area contributed by atoms with Gasteiger partial charge >= 0.3 is 0 Å². The molecule has 0 spiro atoms. The van der Waals surface area contributed by atoms with E-state index >= 15 is 0 Å². The summed E-state index contributed by atoms with van der Waals surface area (Å²) in [6, 6.07) is 7.14. The minimum absolute atomic E-state index is 0.117. The van der Waals surface area contributed by atoms with E-state index in [0.29, 0.717) is 48.9 Å². The Labute approximate surface area is 136 Å². The van der Waals surface area contributed by atoms with Gasteiger partial charge in [0.2, 0.25) is 0 Å². The molecule has 1 aliphatic heterocycles. The Morgan fingerprint density at radius 3 is 2.68 bits per heavy atom. The van der Waals surface area contributed by atoms with Gasteiger partial charge in [-0.2, -0.15) is 5.26 Å². The van der Waals surface area contributed by atoms with E-state index in [1.54, 1.807) is 18.2 Å². The highest BCUT2D eigenvalue weighted by atomic mass is 35.5. The van der Waals surface area contributed by atoms with Crippen molar-refractivity contribution in [3.63, 3.8) is 0 Å². The number of ether oxygens (including phenoxy) is 1. The molecule has 5 nitrogen and oxygen atoms in total. The van der Waals surface area contributed by atoms with Crippen LogP contribution in [0.5, 0.6) is 0 Å². The van der Waals surface area contributed by atoms with E-state index in [1.807, 2.05) is 0 Å². The molecule has 22 heavy (non-hydrogen) atoms. The number of hydrogen-bond acceptors (Lipinski definition) is 5. The second kappa shape index (κ2) is 6.86. The van der Waals surface area contributed by atoms with E-state index in [-0.39, 0.29) is 11.2 Å². The molecule has 0 amide bonds. The van der Waals surface area contributed by atoms with Crippen molar-refractivity contribution in [3.8, 4) is 6.07 Å². The summed E-state index contributed by atoms with van der Waals surface area (Å²) in [7, 11) is -3.09. The molecule has 0 unspecified atom stereocenters. The molecule has 1 fully saturated rings. The lowest BCUT2D eigenvalue weighted by atomic mass is 9.82. The summed E-state index contributed by atoms with van der Waals surface area (Å²) >= 11 is 5.88. The molecule has 7 heteroatoms. The molecule has 1 aliphatic rings. The first kappa shape index (κ1) is 17.1. The Morgan fingerprint density at radius 1 is 1.41 bits per heavy atom. The lowest BCUT2D eigenvalue weighted by Crippen LogP contribution is -2.41. The van der Waals surface area contributed by atoms with Crippen molar-refractivity contribution < 1.29 is 13.2 Å². The molecule has 1 aromatic carbocycles. The van der Waals surface area contributed by atoms with Gasteiger partial charge in [0, 0.05) is 36.5 Å². The first-order valence-corrected chi connectivity index (χ1v) is 9.46. The largest absolute Gasteiger partial charge is 0.383 e. The average molecular weight is 343 g/mol. The highest BCUT2D eigenvalue weighted by molar-refractivity contribution is 7.90. The van der Waals surface area contributed by atoms with Crippen molar-refractivity contribution in [2.24, 2.45) is 5.41 Å². The molecular weight excluding hydrogens is 324 g/mol. The number of benzene rings is 1. The quantitative estimate of drug-likeness (QED) is 0.889. The summed E-state index contributed by atoms with van der Waals surface area (Å²) in [6.45, 7) is 1.60. The van der Waals surface area contributed by atoms with Crippen LogP contribution in [-0.4, -0.2) is 40.2 Å². The van der Waals surface area contributed by atoms with Gasteiger partial charge in [-0.25, -0.2) is 8.42 Å². The van der Waals surface area contributed by atoms with Gasteiger partial charge in [0.15, 0.2) is 0 Å². The number of halogens is 1. The lowest BCUT2D eigenvalue weighted by molar-refractivity contribution is 0.0315. The van der Waals surface area contributed by atoms with Crippen LogP contribution in [0.3, 0.4) is 0 Å². The van der Waals surface area contributed by atoms with Gasteiger partial charge in [0.1, 0.15) is 15.9 Å². The topological polar surface area (TPSA) is 79.2 Å². The zero-order valence-corrected chi connectivity index (χ0v) is 14.0. The Kier molecular flexibility index (Phi) is 5.32. The fraction of sp³-hybridized carbons (Fsp3) is 0.533. The van der Waals surface area contributed by atoms with Crippen LogP contribution in [0.2, 0.25) is 5.02 Å². The van der Waals surface area contributed by atoms with Gasteiger partial charge in [-0.3, -0.25) is 0 Å². The molecule has 0 atom stereocenters. The van der Waals surface area contributed by atoms with E-state index in [4.69, 9.17) is 21.6 Å². The maximum atomic E-state index is 11.7. The Balaban J connectivity index is 2.17. The molecule has 1 aromatic rings. The number of nitriles is 1. The number of hydrogen-bond donors (Lipinski definition) is 1. The van der Waals surface area contributed by atoms with Crippen LogP contribution in [0.25, 0.3) is 0 Å². The Morgan fingerprint density at radius 2 is 2.09 bits per heavy atom. The maximum Gasteiger partial charge on any atom is 0.148 e. The van der Waals surface area contributed by atoms with Crippen molar-refractivity contribution in [1.82, 2.24) is 0 Å². The van der Waals surface area contributed by atoms with Gasteiger partial charge in [0.05, 0.1) is 17.0 Å². The third kappa shape index (κ3) is 4.60. The second-order valence-corrected chi connectivity index (χ2v) is 8.41. The van der Waals surface area contributed by atoms with Crippen LogP contribution in [-0.2, 0) is 14.6 Å². The summed E-state index contributed by atoms with van der Waals surface area (Å²) in [5, 5.41) is 12.9. The van der Waals surface area contributed by atoms with Crippen molar-refractivity contribution in [2.75, 3.05) is 37.1 Å². The first-order chi connectivity index (χ1) is 10.3. The third-order valence-corrected chi connectivity index (χ3v) is 5.25. The van der Waals surface area contributed by atoms with Crippen LogP contribution >= 0.6 is 11.6 Å². The number of nitrogens with zero attached hydrogens (tertiary/aromatic N) is 1. The smallest absolute Gasteiger partial charge is 0.148 e. The van der Waals surface area contributed by atoms with Crippen molar-refractivity contribution in [1.29, 1.82) is 5.26 Å². The molecule has 2 rings (SSSR count). The standard InChI is InChI=1S/C15H19ClN2O3S/c1-22(19,20)11-15(4-6-21-7-5-15)10-18-14-3-2-13(16)8-12(14)9-17/h2-3,8,18H,4-7,10-11H2,1H3. The lowest BCUT2D eigenvalue weighted by Gasteiger charge is -2.37. The monoisotopic (exact) mass is 342 g/mol. The summed E-state index contributed by atoms with van der Waals surface area (Å²) in [5.74, 6) is 0.117. The van der Waals surface area contributed by atoms with E-state index in [9.17, 15) is 8.42 Å². The van der Waals surface area contributed by atoms with Crippen molar-refractivity contribution in [3.05, 3.63) is 28.8 Å². The SMILES string of the molecule is CS(=O)(=O)CC1(CNc2ccc(Cl)cc2C#N)CCOCC1. The van der Waals surface area contributed by atoms with Gasteiger partial charge < -0.3 is 10.1 Å². The number of nitrogens with one attached hydrogen (secondary N) is 1. The number of rotatable bonds is 5. The van der Waals surface area contributed by atoms with Crippen molar-refractivity contribution >= 4 is 27.1 Å². The van der Waals surface area contributed by atoms with E-state index in [1.165, 1.54) is 6.26 Å².